The van der Waals surface area contributed by atoms with E-state index in [9.17, 15) is 0 Å². The molecule has 0 aromatic carbocycles. The van der Waals surface area contributed by atoms with Crippen molar-refractivity contribution in [1.82, 2.24) is 4.98 Å². The van der Waals surface area contributed by atoms with Crippen LogP contribution in [0.1, 0.15) is 13.3 Å². The molecule has 0 saturated carbocycles. The van der Waals surface area contributed by atoms with Gasteiger partial charge in [-0.25, -0.2) is 4.98 Å². The number of anilines is 1. The van der Waals surface area contributed by atoms with Gasteiger partial charge in [0.05, 0.1) is 11.9 Å². The number of nitrogens with two attached hydrogens (primary N) is 1. The van der Waals surface area contributed by atoms with Crippen molar-refractivity contribution in [3.05, 3.63) is 23.5 Å². The van der Waals surface area contributed by atoms with Gasteiger partial charge in [0.1, 0.15) is 5.15 Å². The number of rotatable bonds is 1. The molecule has 90 valence electrons. The molecule has 0 spiro atoms. The van der Waals surface area contributed by atoms with Gasteiger partial charge in [-0.1, -0.05) is 18.5 Å². The Morgan fingerprint density at radius 3 is 2.81 bits per heavy atom. The second-order valence-corrected chi connectivity index (χ2v) is 4.60. The highest BCUT2D eigenvalue weighted by atomic mass is 35.5. The summed E-state index contributed by atoms with van der Waals surface area (Å²) in [5.41, 5.74) is 7.16. The Hall–Kier alpha value is -0.510. The molecule has 2 heterocycles. The van der Waals surface area contributed by atoms with Crippen LogP contribution in [0.25, 0.3) is 0 Å². The van der Waals surface area contributed by atoms with Crippen LogP contribution in [-0.2, 0) is 0 Å². The van der Waals surface area contributed by atoms with Crippen LogP contribution in [0.3, 0.4) is 0 Å². The minimum Gasteiger partial charge on any atom is -0.369 e. The lowest BCUT2D eigenvalue weighted by molar-refractivity contribution is 0.379. The molecule has 0 radical (unpaired) electrons. The Morgan fingerprint density at radius 1 is 1.50 bits per heavy atom. The van der Waals surface area contributed by atoms with Crippen molar-refractivity contribution in [2.24, 2.45) is 11.7 Å². The molecule has 5 heteroatoms. The third-order valence-electron chi connectivity index (χ3n) is 3.09. The summed E-state index contributed by atoms with van der Waals surface area (Å²) in [6, 6.07) is 4.08. The highest BCUT2D eigenvalue weighted by Gasteiger charge is 2.23. The van der Waals surface area contributed by atoms with Crippen LogP contribution < -0.4 is 10.6 Å². The molecule has 1 aromatic rings. The van der Waals surface area contributed by atoms with Crippen molar-refractivity contribution in [3.8, 4) is 0 Å². The molecule has 1 fully saturated rings. The molecule has 3 nitrogen and oxygen atoms in total. The van der Waals surface area contributed by atoms with Gasteiger partial charge in [0, 0.05) is 19.1 Å². The summed E-state index contributed by atoms with van der Waals surface area (Å²) in [7, 11) is 0. The molecule has 1 aliphatic rings. The molecule has 2 atom stereocenters. The van der Waals surface area contributed by atoms with Gasteiger partial charge < -0.3 is 10.6 Å². The van der Waals surface area contributed by atoms with E-state index in [0.29, 0.717) is 11.1 Å². The van der Waals surface area contributed by atoms with Crippen molar-refractivity contribution < 1.29 is 0 Å². The zero-order valence-corrected chi connectivity index (χ0v) is 10.8. The number of nitrogens with zero attached hydrogens (tertiary/aromatic N) is 2. The number of halogens is 2. The second kappa shape index (κ2) is 5.71. The lowest BCUT2D eigenvalue weighted by atomic mass is 9.94. The Balaban J connectivity index is 0.00000128. The van der Waals surface area contributed by atoms with Crippen molar-refractivity contribution in [3.63, 3.8) is 0 Å². The van der Waals surface area contributed by atoms with Crippen LogP contribution in [0.2, 0.25) is 5.15 Å². The highest BCUT2D eigenvalue weighted by molar-refractivity contribution is 6.29. The van der Waals surface area contributed by atoms with Crippen LogP contribution in [0.5, 0.6) is 0 Å². The maximum atomic E-state index is 6.05. The van der Waals surface area contributed by atoms with E-state index in [4.69, 9.17) is 17.3 Å². The number of piperidine rings is 1. The van der Waals surface area contributed by atoms with Gasteiger partial charge in [-0.05, 0) is 24.5 Å². The van der Waals surface area contributed by atoms with Crippen LogP contribution in [0.4, 0.5) is 5.69 Å². The number of hydrogen-bond acceptors (Lipinski definition) is 3. The van der Waals surface area contributed by atoms with E-state index in [1.165, 1.54) is 0 Å². The number of hydrogen-bond donors (Lipinski definition) is 1. The van der Waals surface area contributed by atoms with E-state index in [1.54, 1.807) is 0 Å². The first kappa shape index (κ1) is 13.6. The quantitative estimate of drug-likeness (QED) is 0.790. The molecule has 0 bridgehead atoms. The molecule has 16 heavy (non-hydrogen) atoms. The van der Waals surface area contributed by atoms with E-state index < -0.39 is 0 Å². The Bertz CT molecular complexity index is 329. The van der Waals surface area contributed by atoms with Gasteiger partial charge in [0.25, 0.3) is 0 Å². The third kappa shape index (κ3) is 3.00. The van der Waals surface area contributed by atoms with Gasteiger partial charge in [0.2, 0.25) is 0 Å². The van der Waals surface area contributed by atoms with Crippen molar-refractivity contribution in [1.29, 1.82) is 0 Å². The first-order valence-electron chi connectivity index (χ1n) is 5.29. The second-order valence-electron chi connectivity index (χ2n) is 4.21. The first-order chi connectivity index (χ1) is 7.16. The smallest absolute Gasteiger partial charge is 0.129 e. The fourth-order valence-corrected chi connectivity index (χ4v) is 2.00. The van der Waals surface area contributed by atoms with Crippen molar-refractivity contribution in [2.45, 2.75) is 19.4 Å². The van der Waals surface area contributed by atoms with E-state index >= 15 is 0 Å². The zero-order valence-electron chi connectivity index (χ0n) is 9.27. The topological polar surface area (TPSA) is 42.2 Å². The Morgan fingerprint density at radius 2 is 2.25 bits per heavy atom. The zero-order chi connectivity index (χ0) is 10.8. The maximum absolute atomic E-state index is 6.05. The first-order valence-corrected chi connectivity index (χ1v) is 5.66. The lowest BCUT2D eigenvalue weighted by Gasteiger charge is -2.36. The number of pyridine rings is 1. The highest BCUT2D eigenvalue weighted by Crippen LogP contribution is 2.22. The molecular weight excluding hydrogens is 245 g/mol. The molecule has 0 unspecified atom stereocenters. The van der Waals surface area contributed by atoms with Crippen LogP contribution in [0, 0.1) is 5.92 Å². The largest absolute Gasteiger partial charge is 0.369 e. The summed E-state index contributed by atoms with van der Waals surface area (Å²) in [6.07, 6.45) is 2.95. The molecular formula is C11H17Cl2N3. The van der Waals surface area contributed by atoms with E-state index in [1.807, 2.05) is 18.3 Å². The lowest BCUT2D eigenvalue weighted by Crippen LogP contribution is -2.47. The standard InChI is InChI=1S/C11H16ClN3.ClH/c1-8-4-5-15(7-10(8)13)9-2-3-11(12)14-6-9;/h2-3,6,8,10H,4-5,7,13H2,1H3;1H/t8-,10+;/m0./s1. The van der Waals surface area contributed by atoms with Gasteiger partial charge >= 0.3 is 0 Å². The fourth-order valence-electron chi connectivity index (χ4n) is 1.89. The minimum absolute atomic E-state index is 0. The van der Waals surface area contributed by atoms with Crippen LogP contribution in [0.15, 0.2) is 18.3 Å². The predicted octanol–water partition coefficient (Wildman–Crippen LogP) is 2.33. The summed E-state index contributed by atoms with van der Waals surface area (Å²) in [4.78, 5) is 6.35. The van der Waals surface area contributed by atoms with Crippen molar-refractivity contribution >= 4 is 29.7 Å². The van der Waals surface area contributed by atoms with Gasteiger partial charge in [-0.2, -0.15) is 0 Å². The molecule has 2 rings (SSSR count). The van der Waals surface area contributed by atoms with Gasteiger partial charge in [-0.15, -0.1) is 12.4 Å². The summed E-state index contributed by atoms with van der Waals surface area (Å²) < 4.78 is 0. The molecule has 1 aliphatic heterocycles. The van der Waals surface area contributed by atoms with E-state index in [0.717, 1.165) is 25.2 Å². The number of aromatic nitrogens is 1. The van der Waals surface area contributed by atoms with Gasteiger partial charge in [0.15, 0.2) is 0 Å². The molecule has 0 amide bonds. The summed E-state index contributed by atoms with van der Waals surface area (Å²) >= 11 is 5.75. The predicted molar refractivity (Wildman–Crippen MR) is 70.5 cm³/mol. The third-order valence-corrected chi connectivity index (χ3v) is 3.32. The average Bonchev–Trinajstić information content (AvgIpc) is 2.23. The van der Waals surface area contributed by atoms with Crippen LogP contribution in [-0.4, -0.2) is 24.1 Å². The SMILES string of the molecule is C[C@H]1CCN(c2ccc(Cl)nc2)C[C@H]1N.Cl. The molecule has 0 aliphatic carbocycles. The van der Waals surface area contributed by atoms with E-state index in [2.05, 4.69) is 16.8 Å². The summed E-state index contributed by atoms with van der Waals surface area (Å²) in [6.45, 7) is 4.17. The fraction of sp³-hybridized carbons (Fsp3) is 0.545. The van der Waals surface area contributed by atoms with Crippen molar-refractivity contribution in [2.75, 3.05) is 18.0 Å². The minimum atomic E-state index is 0. The van der Waals surface area contributed by atoms with Crippen LogP contribution >= 0.6 is 24.0 Å². The maximum Gasteiger partial charge on any atom is 0.129 e. The van der Waals surface area contributed by atoms with Gasteiger partial charge in [-0.3, -0.25) is 0 Å². The Kier molecular flexibility index (Phi) is 4.84. The normalized spacial score (nSPS) is 25.1. The average molecular weight is 262 g/mol. The molecule has 2 N–H and O–H groups in total. The Labute approximate surface area is 107 Å². The summed E-state index contributed by atoms with van der Waals surface area (Å²) in [5.74, 6) is 0.613. The molecule has 1 aromatic heterocycles. The summed E-state index contributed by atoms with van der Waals surface area (Å²) in [5, 5.41) is 0.536. The van der Waals surface area contributed by atoms with E-state index in [-0.39, 0.29) is 18.4 Å². The molecule has 1 saturated heterocycles. The monoisotopic (exact) mass is 261 g/mol.